The minimum absolute atomic E-state index is 0.0928. The quantitative estimate of drug-likeness (QED) is 0.233. The van der Waals surface area contributed by atoms with Gasteiger partial charge in [0.1, 0.15) is 0 Å². The molecule has 0 aliphatic rings. The van der Waals surface area contributed by atoms with Crippen molar-refractivity contribution in [3.05, 3.63) is 35.7 Å². The van der Waals surface area contributed by atoms with E-state index in [-0.39, 0.29) is 18.8 Å². The van der Waals surface area contributed by atoms with Gasteiger partial charge in [-0.1, -0.05) is 15.6 Å². The molecule has 3 heterocycles. The zero-order valence-electron chi connectivity index (χ0n) is 20.6. The third-order valence-electron chi connectivity index (χ3n) is 4.93. The van der Waals surface area contributed by atoms with E-state index >= 15 is 0 Å². The molecule has 0 spiro atoms. The highest BCUT2D eigenvalue weighted by molar-refractivity contribution is 7.85. The smallest absolute Gasteiger partial charge is 0.264 e. The SMILES string of the molecule is CC(C)(C)n1cc(CN(Cc2cn(CCCO)nn2)Cc2cn(CCCOS(C)(=O)=O)nn2)nn1. The minimum atomic E-state index is -3.45. The fourth-order valence-corrected chi connectivity index (χ4v) is 3.68. The van der Waals surface area contributed by atoms with Gasteiger partial charge in [-0.05, 0) is 33.6 Å². The highest BCUT2D eigenvalue weighted by atomic mass is 32.2. The van der Waals surface area contributed by atoms with Crippen LogP contribution in [-0.4, -0.2) is 82.9 Å². The molecule has 35 heavy (non-hydrogen) atoms. The second-order valence-corrected chi connectivity index (χ2v) is 11.0. The van der Waals surface area contributed by atoms with E-state index in [2.05, 4.69) is 56.6 Å². The van der Waals surface area contributed by atoms with E-state index < -0.39 is 10.1 Å². The van der Waals surface area contributed by atoms with Crippen LogP contribution in [0.25, 0.3) is 0 Å². The van der Waals surface area contributed by atoms with E-state index in [0.717, 1.165) is 23.3 Å². The van der Waals surface area contributed by atoms with Crippen LogP contribution in [0.3, 0.4) is 0 Å². The Morgan fingerprint density at radius 3 is 1.89 bits per heavy atom. The first-order valence-corrected chi connectivity index (χ1v) is 13.2. The van der Waals surface area contributed by atoms with Crippen LogP contribution in [0.15, 0.2) is 18.6 Å². The molecule has 194 valence electrons. The van der Waals surface area contributed by atoms with Crippen molar-refractivity contribution in [2.75, 3.05) is 19.5 Å². The van der Waals surface area contributed by atoms with Gasteiger partial charge in [-0.3, -0.25) is 18.4 Å². The first-order valence-electron chi connectivity index (χ1n) is 11.4. The van der Waals surface area contributed by atoms with Crippen molar-refractivity contribution < 1.29 is 17.7 Å². The number of aryl methyl sites for hydroxylation is 2. The molecule has 1 N–H and O–H groups in total. The molecule has 0 aliphatic heterocycles. The summed E-state index contributed by atoms with van der Waals surface area (Å²) in [5.74, 6) is 0. The predicted molar refractivity (Wildman–Crippen MR) is 125 cm³/mol. The highest BCUT2D eigenvalue weighted by Gasteiger charge is 2.18. The van der Waals surface area contributed by atoms with Crippen LogP contribution in [-0.2, 0) is 52.6 Å². The Morgan fingerprint density at radius 1 is 0.886 bits per heavy atom. The first-order chi connectivity index (χ1) is 16.5. The summed E-state index contributed by atoms with van der Waals surface area (Å²) in [6, 6.07) is 0. The summed E-state index contributed by atoms with van der Waals surface area (Å²) >= 11 is 0. The number of nitrogens with zero attached hydrogens (tertiary/aromatic N) is 10. The molecule has 3 aromatic heterocycles. The fraction of sp³-hybridized carbons (Fsp3) is 0.700. The highest BCUT2D eigenvalue weighted by Crippen LogP contribution is 2.15. The lowest BCUT2D eigenvalue weighted by molar-refractivity contribution is 0.238. The first kappa shape index (κ1) is 26.8. The average molecular weight is 511 g/mol. The third kappa shape index (κ3) is 9.08. The lowest BCUT2D eigenvalue weighted by Gasteiger charge is -2.19. The van der Waals surface area contributed by atoms with Crippen LogP contribution in [0.1, 0.15) is 50.7 Å². The molecule has 0 saturated carbocycles. The van der Waals surface area contributed by atoms with Crippen LogP contribution >= 0.6 is 0 Å². The fourth-order valence-electron chi connectivity index (χ4n) is 3.26. The zero-order chi connectivity index (χ0) is 25.5. The molecule has 0 unspecified atom stereocenters. The minimum Gasteiger partial charge on any atom is -0.396 e. The van der Waals surface area contributed by atoms with E-state index in [9.17, 15) is 8.42 Å². The molecule has 14 nitrogen and oxygen atoms in total. The number of hydrogen-bond donors (Lipinski definition) is 1. The summed E-state index contributed by atoms with van der Waals surface area (Å²) in [6.45, 7) is 8.99. The largest absolute Gasteiger partial charge is 0.396 e. The zero-order valence-corrected chi connectivity index (χ0v) is 21.5. The monoisotopic (exact) mass is 510 g/mol. The summed E-state index contributed by atoms with van der Waals surface area (Å²) in [4.78, 5) is 2.12. The van der Waals surface area contributed by atoms with Gasteiger partial charge in [0.2, 0.25) is 0 Å². The Kier molecular flexibility index (Phi) is 9.04. The summed E-state index contributed by atoms with van der Waals surface area (Å²) in [6.07, 6.45) is 7.77. The predicted octanol–water partition coefficient (Wildman–Crippen LogP) is 0.167. The number of rotatable bonds is 14. The van der Waals surface area contributed by atoms with Crippen molar-refractivity contribution in [3.8, 4) is 0 Å². The molecule has 0 aromatic carbocycles. The maximum atomic E-state index is 11.1. The molecular formula is C20H34N10O4S. The molecule has 0 radical (unpaired) electrons. The van der Waals surface area contributed by atoms with Crippen LogP contribution in [0.5, 0.6) is 0 Å². The number of aromatic nitrogens is 9. The molecule has 0 atom stereocenters. The maximum absolute atomic E-state index is 11.1. The van der Waals surface area contributed by atoms with Gasteiger partial charge in [-0.25, -0.2) is 4.68 Å². The Hall–Kier alpha value is -2.75. The standard InChI is InChI=1S/C20H34N10O4S/c1-20(2,3)30-16-19(23-26-30)13-27(11-17-14-28(24-21-17)7-5-9-31)12-18-15-29(25-22-18)8-6-10-34-35(4,32)33/h14-16,31H,5-13H2,1-4H3. The lowest BCUT2D eigenvalue weighted by Crippen LogP contribution is -2.24. The molecular weight excluding hydrogens is 476 g/mol. The Balaban J connectivity index is 1.66. The Bertz CT molecular complexity index is 1160. The van der Waals surface area contributed by atoms with Crippen LogP contribution < -0.4 is 0 Å². The van der Waals surface area contributed by atoms with Gasteiger partial charge in [-0.15, -0.1) is 15.3 Å². The molecule has 3 rings (SSSR count). The Labute approximate surface area is 205 Å². The molecule has 3 aromatic rings. The van der Waals surface area contributed by atoms with Crippen molar-refractivity contribution in [1.29, 1.82) is 0 Å². The normalized spacial score (nSPS) is 12.6. The summed E-state index contributed by atoms with van der Waals surface area (Å²) < 4.78 is 32.1. The molecule has 0 fully saturated rings. The van der Waals surface area contributed by atoms with Crippen molar-refractivity contribution >= 4 is 10.1 Å². The van der Waals surface area contributed by atoms with Gasteiger partial charge < -0.3 is 5.11 Å². The van der Waals surface area contributed by atoms with Crippen LogP contribution in [0.4, 0.5) is 0 Å². The lowest BCUT2D eigenvalue weighted by atomic mass is 10.1. The van der Waals surface area contributed by atoms with E-state index in [4.69, 9.17) is 9.29 Å². The summed E-state index contributed by atoms with van der Waals surface area (Å²) in [5, 5.41) is 34.4. The molecule has 0 bridgehead atoms. The summed E-state index contributed by atoms with van der Waals surface area (Å²) in [7, 11) is -3.45. The molecule has 15 heteroatoms. The number of aliphatic hydroxyl groups is 1. The van der Waals surface area contributed by atoms with Gasteiger partial charge in [-0.2, -0.15) is 8.42 Å². The number of aliphatic hydroxyl groups excluding tert-OH is 1. The van der Waals surface area contributed by atoms with Gasteiger partial charge in [0, 0.05) is 51.7 Å². The van der Waals surface area contributed by atoms with E-state index in [1.54, 1.807) is 9.36 Å². The van der Waals surface area contributed by atoms with E-state index in [1.165, 1.54) is 0 Å². The van der Waals surface area contributed by atoms with Gasteiger partial charge >= 0.3 is 0 Å². The summed E-state index contributed by atoms with van der Waals surface area (Å²) in [5.41, 5.74) is 2.19. The van der Waals surface area contributed by atoms with Gasteiger partial charge in [0.25, 0.3) is 10.1 Å². The topological polar surface area (TPSA) is 159 Å². The average Bonchev–Trinajstić information content (AvgIpc) is 3.50. The Morgan fingerprint density at radius 2 is 1.40 bits per heavy atom. The van der Waals surface area contributed by atoms with E-state index in [0.29, 0.717) is 45.6 Å². The molecule has 0 amide bonds. The van der Waals surface area contributed by atoms with Crippen molar-refractivity contribution in [3.63, 3.8) is 0 Å². The van der Waals surface area contributed by atoms with Gasteiger partial charge in [0.15, 0.2) is 0 Å². The van der Waals surface area contributed by atoms with Crippen LogP contribution in [0.2, 0.25) is 0 Å². The molecule has 0 saturated heterocycles. The second kappa shape index (κ2) is 11.8. The maximum Gasteiger partial charge on any atom is 0.264 e. The van der Waals surface area contributed by atoms with Crippen LogP contribution in [0, 0.1) is 0 Å². The molecule has 0 aliphatic carbocycles. The van der Waals surface area contributed by atoms with Gasteiger partial charge in [0.05, 0.1) is 41.7 Å². The van der Waals surface area contributed by atoms with Crippen molar-refractivity contribution in [2.24, 2.45) is 0 Å². The number of hydrogen-bond acceptors (Lipinski definition) is 11. The second-order valence-electron chi connectivity index (χ2n) is 9.37. The van der Waals surface area contributed by atoms with Crippen molar-refractivity contribution in [1.82, 2.24) is 49.9 Å². The third-order valence-corrected chi connectivity index (χ3v) is 5.53. The van der Waals surface area contributed by atoms with Crippen molar-refractivity contribution in [2.45, 2.75) is 71.9 Å². The van der Waals surface area contributed by atoms with E-state index in [1.807, 2.05) is 23.3 Å².